The summed E-state index contributed by atoms with van der Waals surface area (Å²) in [5, 5.41) is 13.8. The molecular weight excluding hydrogens is 294 g/mol. The Morgan fingerprint density at radius 2 is 2.13 bits per heavy atom. The highest BCUT2D eigenvalue weighted by Crippen LogP contribution is 2.42. The smallest absolute Gasteiger partial charge is 0.231 e. The van der Waals surface area contributed by atoms with Crippen LogP contribution < -0.4 is 19.5 Å². The largest absolute Gasteiger partial charge is 0.493 e. The molecule has 2 N–H and O–H groups in total. The first-order valence-electron chi connectivity index (χ1n) is 7.72. The Bertz CT molecular complexity index is 731. The van der Waals surface area contributed by atoms with Crippen LogP contribution in [0.25, 0.3) is 0 Å². The van der Waals surface area contributed by atoms with Crippen molar-refractivity contribution in [1.82, 2.24) is 5.32 Å². The lowest BCUT2D eigenvalue weighted by atomic mass is 10.1. The van der Waals surface area contributed by atoms with Crippen LogP contribution in [0.1, 0.15) is 22.7 Å². The standard InChI is InChI=1S/C18H19NO4/c1-21-15-6-11(7-16-18(15)23-10-22-16)9-19-17-13-5-3-2-4-12(13)8-14(17)20/h2-7,14,17,19-20H,8-10H2,1H3/t14-,17+/m0/s1. The molecule has 0 bridgehead atoms. The second kappa shape index (κ2) is 5.76. The second-order valence-electron chi connectivity index (χ2n) is 5.86. The third kappa shape index (κ3) is 2.52. The molecule has 2 aromatic carbocycles. The Kier molecular flexibility index (Phi) is 3.59. The summed E-state index contributed by atoms with van der Waals surface area (Å²) < 4.78 is 16.2. The van der Waals surface area contributed by atoms with Crippen molar-refractivity contribution in [2.45, 2.75) is 25.1 Å². The topological polar surface area (TPSA) is 60.0 Å². The first-order valence-corrected chi connectivity index (χ1v) is 7.72. The second-order valence-corrected chi connectivity index (χ2v) is 5.86. The summed E-state index contributed by atoms with van der Waals surface area (Å²) in [6, 6.07) is 12.0. The van der Waals surface area contributed by atoms with Crippen molar-refractivity contribution in [3.8, 4) is 17.2 Å². The van der Waals surface area contributed by atoms with Crippen LogP contribution in [0.2, 0.25) is 0 Å². The van der Waals surface area contributed by atoms with E-state index in [1.165, 1.54) is 11.1 Å². The van der Waals surface area contributed by atoms with Crippen LogP contribution in [0.3, 0.4) is 0 Å². The third-order valence-corrected chi connectivity index (χ3v) is 4.45. The highest BCUT2D eigenvalue weighted by atomic mass is 16.7. The molecule has 120 valence electrons. The maximum atomic E-state index is 10.3. The van der Waals surface area contributed by atoms with Gasteiger partial charge in [0, 0.05) is 13.0 Å². The minimum Gasteiger partial charge on any atom is -0.493 e. The average molecular weight is 313 g/mol. The van der Waals surface area contributed by atoms with Crippen molar-refractivity contribution in [3.63, 3.8) is 0 Å². The summed E-state index contributed by atoms with van der Waals surface area (Å²) in [5.41, 5.74) is 3.41. The number of benzene rings is 2. The molecule has 0 amide bonds. The van der Waals surface area contributed by atoms with Crippen molar-refractivity contribution >= 4 is 0 Å². The van der Waals surface area contributed by atoms with Gasteiger partial charge in [0.25, 0.3) is 0 Å². The lowest BCUT2D eigenvalue weighted by molar-refractivity contribution is 0.140. The molecule has 2 atom stereocenters. The van der Waals surface area contributed by atoms with Crippen molar-refractivity contribution in [2.75, 3.05) is 13.9 Å². The van der Waals surface area contributed by atoms with E-state index in [0.717, 1.165) is 5.56 Å². The van der Waals surface area contributed by atoms with E-state index in [2.05, 4.69) is 17.4 Å². The molecule has 0 saturated carbocycles. The molecule has 4 rings (SSSR count). The van der Waals surface area contributed by atoms with Gasteiger partial charge in [-0.3, -0.25) is 0 Å². The lowest BCUT2D eigenvalue weighted by Crippen LogP contribution is -2.28. The van der Waals surface area contributed by atoms with Gasteiger partial charge in [-0.05, 0) is 28.8 Å². The van der Waals surface area contributed by atoms with Gasteiger partial charge in [-0.2, -0.15) is 0 Å². The number of hydrogen-bond acceptors (Lipinski definition) is 5. The van der Waals surface area contributed by atoms with E-state index in [9.17, 15) is 5.11 Å². The van der Waals surface area contributed by atoms with Crippen LogP contribution >= 0.6 is 0 Å². The Morgan fingerprint density at radius 3 is 3.00 bits per heavy atom. The first-order chi connectivity index (χ1) is 11.3. The maximum absolute atomic E-state index is 10.3. The highest BCUT2D eigenvalue weighted by Gasteiger charge is 2.30. The molecule has 0 fully saturated rings. The summed E-state index contributed by atoms with van der Waals surface area (Å²) in [7, 11) is 1.62. The first kappa shape index (κ1) is 14.4. The molecule has 0 spiro atoms. The summed E-state index contributed by atoms with van der Waals surface area (Å²) in [5.74, 6) is 2.03. The Hall–Kier alpha value is -2.24. The van der Waals surface area contributed by atoms with Crippen molar-refractivity contribution in [3.05, 3.63) is 53.1 Å². The SMILES string of the molecule is COc1cc(CN[C@@H]2c3ccccc3C[C@@H]2O)cc2c1OCO2. The van der Waals surface area contributed by atoms with Crippen LogP contribution in [0.5, 0.6) is 17.2 Å². The van der Waals surface area contributed by atoms with Crippen molar-refractivity contribution < 1.29 is 19.3 Å². The number of ether oxygens (including phenoxy) is 3. The fourth-order valence-electron chi connectivity index (χ4n) is 3.33. The molecule has 0 aromatic heterocycles. The zero-order valence-corrected chi connectivity index (χ0v) is 12.9. The average Bonchev–Trinajstić information content (AvgIpc) is 3.15. The van der Waals surface area contributed by atoms with E-state index in [0.29, 0.717) is 30.2 Å². The number of fused-ring (bicyclic) bond motifs is 2. The summed E-state index contributed by atoms with van der Waals surface area (Å²) in [6.45, 7) is 0.834. The molecule has 23 heavy (non-hydrogen) atoms. The molecule has 1 heterocycles. The molecular formula is C18H19NO4. The van der Waals surface area contributed by atoms with Crippen molar-refractivity contribution in [2.24, 2.45) is 0 Å². The zero-order valence-electron chi connectivity index (χ0n) is 12.9. The van der Waals surface area contributed by atoms with Crippen LogP contribution in [0.4, 0.5) is 0 Å². The van der Waals surface area contributed by atoms with Crippen LogP contribution in [-0.2, 0) is 13.0 Å². The highest BCUT2D eigenvalue weighted by molar-refractivity contribution is 5.55. The van der Waals surface area contributed by atoms with Gasteiger partial charge >= 0.3 is 0 Å². The number of aliphatic hydroxyl groups excluding tert-OH is 1. The molecule has 5 heteroatoms. The fourth-order valence-corrected chi connectivity index (χ4v) is 3.33. The van der Waals surface area contributed by atoms with E-state index in [1.54, 1.807) is 7.11 Å². The summed E-state index contributed by atoms with van der Waals surface area (Å²) in [4.78, 5) is 0. The van der Waals surface area contributed by atoms with E-state index >= 15 is 0 Å². The Balaban J connectivity index is 1.54. The van der Waals surface area contributed by atoms with Crippen LogP contribution in [0, 0.1) is 0 Å². The molecule has 0 unspecified atom stereocenters. The molecule has 2 aliphatic rings. The molecule has 0 saturated heterocycles. The monoisotopic (exact) mass is 313 g/mol. The van der Waals surface area contributed by atoms with Gasteiger partial charge < -0.3 is 24.6 Å². The van der Waals surface area contributed by atoms with Gasteiger partial charge in [0.15, 0.2) is 11.5 Å². The van der Waals surface area contributed by atoms with Gasteiger partial charge in [-0.1, -0.05) is 24.3 Å². The minimum atomic E-state index is -0.400. The normalized spacial score (nSPS) is 21.3. The molecule has 5 nitrogen and oxygen atoms in total. The van der Waals surface area contributed by atoms with Crippen LogP contribution in [-0.4, -0.2) is 25.1 Å². The van der Waals surface area contributed by atoms with Gasteiger partial charge in [0.1, 0.15) is 0 Å². The number of aliphatic hydroxyl groups is 1. The number of nitrogens with one attached hydrogen (secondary N) is 1. The lowest BCUT2D eigenvalue weighted by Gasteiger charge is -2.18. The van der Waals surface area contributed by atoms with Gasteiger partial charge in [0.05, 0.1) is 19.3 Å². The molecule has 1 aliphatic carbocycles. The fraction of sp³-hybridized carbons (Fsp3) is 0.333. The predicted molar refractivity (Wildman–Crippen MR) is 84.9 cm³/mol. The zero-order chi connectivity index (χ0) is 15.8. The predicted octanol–water partition coefficient (Wildman–Crippen LogP) is 2.17. The van der Waals surface area contributed by atoms with Gasteiger partial charge in [0.2, 0.25) is 12.5 Å². The van der Waals surface area contributed by atoms with Gasteiger partial charge in [-0.15, -0.1) is 0 Å². The number of methoxy groups -OCH3 is 1. The van der Waals surface area contributed by atoms with Crippen molar-refractivity contribution in [1.29, 1.82) is 0 Å². The number of hydrogen-bond donors (Lipinski definition) is 2. The maximum Gasteiger partial charge on any atom is 0.231 e. The Morgan fingerprint density at radius 1 is 1.26 bits per heavy atom. The third-order valence-electron chi connectivity index (χ3n) is 4.45. The van der Waals surface area contributed by atoms with Gasteiger partial charge in [-0.25, -0.2) is 0 Å². The summed E-state index contributed by atoms with van der Waals surface area (Å²) in [6.07, 6.45) is 0.293. The molecule has 0 radical (unpaired) electrons. The summed E-state index contributed by atoms with van der Waals surface area (Å²) >= 11 is 0. The van der Waals surface area contributed by atoms with E-state index in [1.807, 2.05) is 24.3 Å². The Labute approximate surface area is 134 Å². The minimum absolute atomic E-state index is 0.0531. The van der Waals surface area contributed by atoms with E-state index < -0.39 is 6.10 Å². The molecule has 2 aromatic rings. The van der Waals surface area contributed by atoms with E-state index in [-0.39, 0.29) is 12.8 Å². The number of rotatable bonds is 4. The quantitative estimate of drug-likeness (QED) is 0.906. The van der Waals surface area contributed by atoms with Crippen LogP contribution in [0.15, 0.2) is 36.4 Å². The van der Waals surface area contributed by atoms with E-state index in [4.69, 9.17) is 14.2 Å². The molecule has 1 aliphatic heterocycles.